The van der Waals surface area contributed by atoms with Crippen LogP contribution in [0.1, 0.15) is 13.3 Å². The third-order valence-electron chi connectivity index (χ3n) is 2.16. The molecule has 0 heterocycles. The zero-order chi connectivity index (χ0) is 13.5. The summed E-state index contributed by atoms with van der Waals surface area (Å²) >= 11 is 0. The van der Waals surface area contributed by atoms with Gasteiger partial charge in [0.15, 0.2) is 6.10 Å². The molecule has 4 N–H and O–H groups in total. The minimum atomic E-state index is -0.922. The van der Waals surface area contributed by atoms with Crippen molar-refractivity contribution in [2.24, 2.45) is 5.73 Å². The normalized spacial score (nSPS) is 11.6. The van der Waals surface area contributed by atoms with Crippen LogP contribution in [0.15, 0.2) is 24.3 Å². The Morgan fingerprint density at radius 3 is 2.44 bits per heavy atom. The molecule has 0 aliphatic rings. The molecule has 0 saturated heterocycles. The second-order valence-corrected chi connectivity index (χ2v) is 3.70. The monoisotopic (exact) mass is 252 g/mol. The summed E-state index contributed by atoms with van der Waals surface area (Å²) < 4.78 is 10.1. The lowest BCUT2D eigenvalue weighted by molar-refractivity contribution is -0.154. The first-order valence-corrected chi connectivity index (χ1v) is 5.46. The third-order valence-corrected chi connectivity index (χ3v) is 2.16. The van der Waals surface area contributed by atoms with Gasteiger partial charge in [-0.15, -0.1) is 0 Å². The standard InChI is InChI=1S/C12H16N2O4/c1-8(12(14)16)18-11(15)6-7-17-10-4-2-9(13)3-5-10/h2-5,8H,6-7,13H2,1H3,(H2,14,16). The predicted octanol–water partition coefficient (Wildman–Crippen LogP) is 0.455. The lowest BCUT2D eigenvalue weighted by Gasteiger charge is -2.10. The summed E-state index contributed by atoms with van der Waals surface area (Å²) in [5.41, 5.74) is 11.1. The van der Waals surface area contributed by atoms with Gasteiger partial charge in [-0.05, 0) is 31.2 Å². The zero-order valence-electron chi connectivity index (χ0n) is 10.1. The largest absolute Gasteiger partial charge is 0.493 e. The van der Waals surface area contributed by atoms with Crippen molar-refractivity contribution in [2.45, 2.75) is 19.4 Å². The average molecular weight is 252 g/mol. The first kappa shape index (κ1) is 13.8. The quantitative estimate of drug-likeness (QED) is 0.565. The van der Waals surface area contributed by atoms with Gasteiger partial charge in [-0.1, -0.05) is 0 Å². The number of hydrogen-bond donors (Lipinski definition) is 2. The number of primary amides is 1. The van der Waals surface area contributed by atoms with Crippen LogP contribution in [-0.2, 0) is 14.3 Å². The van der Waals surface area contributed by atoms with Gasteiger partial charge in [-0.2, -0.15) is 0 Å². The van der Waals surface area contributed by atoms with Gasteiger partial charge in [0.1, 0.15) is 5.75 Å². The Morgan fingerprint density at radius 2 is 1.89 bits per heavy atom. The fourth-order valence-electron chi connectivity index (χ4n) is 1.13. The molecule has 1 rings (SSSR count). The van der Waals surface area contributed by atoms with E-state index in [0.717, 1.165) is 0 Å². The van der Waals surface area contributed by atoms with Crippen molar-refractivity contribution >= 4 is 17.6 Å². The number of benzene rings is 1. The first-order valence-electron chi connectivity index (χ1n) is 5.46. The molecule has 0 aliphatic heterocycles. The Hall–Kier alpha value is -2.24. The highest BCUT2D eigenvalue weighted by atomic mass is 16.5. The van der Waals surface area contributed by atoms with Crippen molar-refractivity contribution in [3.63, 3.8) is 0 Å². The van der Waals surface area contributed by atoms with E-state index in [4.69, 9.17) is 20.9 Å². The summed E-state index contributed by atoms with van der Waals surface area (Å²) in [4.78, 5) is 21.9. The summed E-state index contributed by atoms with van der Waals surface area (Å²) in [5.74, 6) is -0.598. The van der Waals surface area contributed by atoms with Gasteiger partial charge in [-0.25, -0.2) is 0 Å². The lowest BCUT2D eigenvalue weighted by Crippen LogP contribution is -2.30. The lowest BCUT2D eigenvalue weighted by atomic mass is 10.3. The molecule has 1 atom stereocenters. The number of rotatable bonds is 6. The summed E-state index contributed by atoms with van der Waals surface area (Å²) in [6, 6.07) is 6.80. The molecule has 1 unspecified atom stereocenters. The van der Waals surface area contributed by atoms with E-state index in [0.29, 0.717) is 11.4 Å². The van der Waals surface area contributed by atoms with E-state index in [9.17, 15) is 9.59 Å². The average Bonchev–Trinajstić information content (AvgIpc) is 2.31. The second-order valence-electron chi connectivity index (χ2n) is 3.70. The molecule has 1 aromatic rings. The first-order chi connectivity index (χ1) is 8.49. The SMILES string of the molecule is CC(OC(=O)CCOc1ccc(N)cc1)C(N)=O. The summed E-state index contributed by atoms with van der Waals surface area (Å²) in [6.45, 7) is 1.58. The van der Waals surface area contributed by atoms with Crippen LogP contribution in [0, 0.1) is 0 Å². The van der Waals surface area contributed by atoms with E-state index in [1.165, 1.54) is 6.92 Å². The van der Waals surface area contributed by atoms with Crippen molar-refractivity contribution in [2.75, 3.05) is 12.3 Å². The van der Waals surface area contributed by atoms with Crippen LogP contribution in [0.3, 0.4) is 0 Å². The Balaban J connectivity index is 2.27. The van der Waals surface area contributed by atoms with Crippen LogP contribution < -0.4 is 16.2 Å². The molecule has 1 amide bonds. The Kier molecular flexibility index (Phi) is 4.98. The van der Waals surface area contributed by atoms with Gasteiger partial charge in [0.05, 0.1) is 13.0 Å². The fourth-order valence-corrected chi connectivity index (χ4v) is 1.13. The Bertz CT molecular complexity index is 417. The van der Waals surface area contributed by atoms with E-state index in [2.05, 4.69) is 0 Å². The van der Waals surface area contributed by atoms with Gasteiger partial charge in [0.2, 0.25) is 0 Å². The number of carbonyl (C=O) groups is 2. The number of esters is 1. The van der Waals surface area contributed by atoms with Crippen LogP contribution >= 0.6 is 0 Å². The number of nitrogens with two attached hydrogens (primary N) is 2. The molecule has 18 heavy (non-hydrogen) atoms. The van der Waals surface area contributed by atoms with Crippen molar-refractivity contribution in [1.29, 1.82) is 0 Å². The maximum atomic E-state index is 11.3. The third kappa shape index (κ3) is 4.73. The smallest absolute Gasteiger partial charge is 0.310 e. The summed E-state index contributed by atoms with van der Waals surface area (Å²) in [5, 5.41) is 0. The van der Waals surface area contributed by atoms with E-state index in [1.54, 1.807) is 24.3 Å². The summed E-state index contributed by atoms with van der Waals surface area (Å²) in [7, 11) is 0. The number of anilines is 1. The molecule has 6 nitrogen and oxygen atoms in total. The van der Waals surface area contributed by atoms with Crippen molar-refractivity contribution in [1.82, 2.24) is 0 Å². The topological polar surface area (TPSA) is 105 Å². The molecule has 0 radical (unpaired) electrons. The maximum absolute atomic E-state index is 11.3. The second kappa shape index (κ2) is 6.48. The number of amides is 1. The number of ether oxygens (including phenoxy) is 2. The fraction of sp³-hybridized carbons (Fsp3) is 0.333. The van der Waals surface area contributed by atoms with Crippen molar-refractivity contribution in [3.05, 3.63) is 24.3 Å². The van der Waals surface area contributed by atoms with Crippen LogP contribution in [0.25, 0.3) is 0 Å². The zero-order valence-corrected chi connectivity index (χ0v) is 10.1. The minimum absolute atomic E-state index is 0.0436. The molecule has 1 aromatic carbocycles. The van der Waals surface area contributed by atoms with Crippen LogP contribution in [-0.4, -0.2) is 24.6 Å². The molecule has 0 bridgehead atoms. The molecule has 98 valence electrons. The van der Waals surface area contributed by atoms with Crippen LogP contribution in [0.2, 0.25) is 0 Å². The van der Waals surface area contributed by atoms with Crippen LogP contribution in [0.4, 0.5) is 5.69 Å². The highest BCUT2D eigenvalue weighted by Gasteiger charge is 2.14. The van der Waals surface area contributed by atoms with Gasteiger partial charge in [-0.3, -0.25) is 9.59 Å². The van der Waals surface area contributed by atoms with E-state index in [-0.39, 0.29) is 13.0 Å². The minimum Gasteiger partial charge on any atom is -0.493 e. The molecule has 0 aliphatic carbocycles. The number of hydrogen-bond acceptors (Lipinski definition) is 5. The van der Waals surface area contributed by atoms with E-state index >= 15 is 0 Å². The predicted molar refractivity (Wildman–Crippen MR) is 65.7 cm³/mol. The van der Waals surface area contributed by atoms with Crippen molar-refractivity contribution in [3.8, 4) is 5.75 Å². The Labute approximate surface area is 105 Å². The van der Waals surface area contributed by atoms with Crippen molar-refractivity contribution < 1.29 is 19.1 Å². The van der Waals surface area contributed by atoms with Gasteiger partial charge in [0.25, 0.3) is 5.91 Å². The molecule has 0 fully saturated rings. The highest BCUT2D eigenvalue weighted by Crippen LogP contribution is 2.13. The molecular weight excluding hydrogens is 236 g/mol. The van der Waals surface area contributed by atoms with Crippen LogP contribution in [0.5, 0.6) is 5.75 Å². The van der Waals surface area contributed by atoms with E-state index < -0.39 is 18.0 Å². The molecule has 0 aromatic heterocycles. The summed E-state index contributed by atoms with van der Waals surface area (Å²) in [6.07, 6.45) is -0.879. The van der Waals surface area contributed by atoms with Gasteiger partial charge >= 0.3 is 5.97 Å². The molecule has 0 spiro atoms. The molecule has 0 saturated carbocycles. The van der Waals surface area contributed by atoms with E-state index in [1.807, 2.05) is 0 Å². The molecular formula is C12H16N2O4. The molecule has 6 heteroatoms. The number of carbonyl (C=O) groups excluding carboxylic acids is 2. The van der Waals surface area contributed by atoms with Gasteiger partial charge < -0.3 is 20.9 Å². The maximum Gasteiger partial charge on any atom is 0.310 e. The highest BCUT2D eigenvalue weighted by molar-refractivity contribution is 5.81. The Morgan fingerprint density at radius 1 is 1.28 bits per heavy atom. The number of nitrogen functional groups attached to an aromatic ring is 1. The van der Waals surface area contributed by atoms with Gasteiger partial charge in [0, 0.05) is 5.69 Å².